The number of alkyl carbamates (subject to hydrolysis) is 1. The third kappa shape index (κ3) is 7.71. The molecule has 0 aromatic rings. The van der Waals surface area contributed by atoms with Crippen LogP contribution in [0.4, 0.5) is 4.79 Å². The van der Waals surface area contributed by atoms with Crippen molar-refractivity contribution in [2.45, 2.75) is 90.2 Å². The molecule has 0 spiro atoms. The van der Waals surface area contributed by atoms with Crippen LogP contribution in [0, 0.1) is 5.92 Å². The van der Waals surface area contributed by atoms with Crippen molar-refractivity contribution < 1.29 is 19.1 Å². The SMILES string of the molecule is COC(=O)C1CCCCC(C)(NC(=O)OC(C)(C)C)CCCC1. The number of amides is 1. The molecule has 0 aliphatic heterocycles. The van der Waals surface area contributed by atoms with Crippen molar-refractivity contribution >= 4 is 12.1 Å². The second kappa shape index (κ2) is 8.55. The molecular formula is C18H33NO4. The van der Waals surface area contributed by atoms with Crippen LogP contribution in [0.1, 0.15) is 79.1 Å². The summed E-state index contributed by atoms with van der Waals surface area (Å²) in [5.74, 6) is -0.0524. The first-order valence-corrected chi connectivity index (χ1v) is 8.74. The Bertz CT molecular complexity index is 388. The van der Waals surface area contributed by atoms with Crippen LogP contribution in [0.3, 0.4) is 0 Å². The van der Waals surface area contributed by atoms with E-state index in [1.54, 1.807) is 0 Å². The van der Waals surface area contributed by atoms with Gasteiger partial charge in [0.15, 0.2) is 0 Å². The van der Waals surface area contributed by atoms with Crippen LogP contribution < -0.4 is 5.32 Å². The van der Waals surface area contributed by atoms with Crippen molar-refractivity contribution in [3.63, 3.8) is 0 Å². The Morgan fingerprint density at radius 1 is 1.04 bits per heavy atom. The molecule has 5 heteroatoms. The number of esters is 1. The number of hydrogen-bond acceptors (Lipinski definition) is 4. The van der Waals surface area contributed by atoms with E-state index in [-0.39, 0.29) is 23.5 Å². The van der Waals surface area contributed by atoms with Gasteiger partial charge in [0.1, 0.15) is 5.60 Å². The summed E-state index contributed by atoms with van der Waals surface area (Å²) in [5.41, 5.74) is -0.718. The Morgan fingerprint density at radius 2 is 1.57 bits per heavy atom. The standard InChI is InChI=1S/C18H33NO4/c1-17(2,3)23-16(21)19-18(4)12-8-6-10-14(15(20)22-5)11-7-9-13-18/h14H,6-13H2,1-5H3,(H,19,21). The lowest BCUT2D eigenvalue weighted by Gasteiger charge is -2.33. The van der Waals surface area contributed by atoms with Crippen molar-refractivity contribution in [2.75, 3.05) is 7.11 Å². The molecule has 0 radical (unpaired) electrons. The Hall–Kier alpha value is -1.26. The van der Waals surface area contributed by atoms with Gasteiger partial charge in [-0.3, -0.25) is 4.79 Å². The van der Waals surface area contributed by atoms with Crippen LogP contribution in [0.2, 0.25) is 0 Å². The summed E-state index contributed by atoms with van der Waals surface area (Å²) >= 11 is 0. The van der Waals surface area contributed by atoms with Crippen molar-refractivity contribution in [2.24, 2.45) is 5.92 Å². The van der Waals surface area contributed by atoms with Gasteiger partial charge in [0.25, 0.3) is 0 Å². The number of methoxy groups -OCH3 is 1. The lowest BCUT2D eigenvalue weighted by Crippen LogP contribution is -2.48. The zero-order chi connectivity index (χ0) is 17.5. The molecule has 1 saturated carbocycles. The Morgan fingerprint density at radius 3 is 2.00 bits per heavy atom. The van der Waals surface area contributed by atoms with Crippen LogP contribution >= 0.6 is 0 Å². The predicted molar refractivity (Wildman–Crippen MR) is 90.2 cm³/mol. The van der Waals surface area contributed by atoms with E-state index in [0.29, 0.717) is 0 Å². The normalized spacial score (nSPS) is 26.9. The summed E-state index contributed by atoms with van der Waals surface area (Å²) in [4.78, 5) is 23.8. The highest BCUT2D eigenvalue weighted by atomic mass is 16.6. The molecule has 0 heterocycles. The molecule has 5 nitrogen and oxygen atoms in total. The van der Waals surface area contributed by atoms with E-state index in [2.05, 4.69) is 12.2 Å². The molecule has 1 rings (SSSR count). The fourth-order valence-electron chi connectivity index (χ4n) is 3.16. The van der Waals surface area contributed by atoms with Crippen molar-refractivity contribution in [1.29, 1.82) is 0 Å². The molecule has 0 unspecified atom stereocenters. The van der Waals surface area contributed by atoms with Gasteiger partial charge in [-0.1, -0.05) is 25.7 Å². The number of carbonyl (C=O) groups is 2. The first kappa shape index (κ1) is 19.8. The Kier molecular flexibility index (Phi) is 7.36. The molecule has 1 aliphatic rings. The molecule has 1 aliphatic carbocycles. The lowest BCUT2D eigenvalue weighted by molar-refractivity contribution is -0.146. The van der Waals surface area contributed by atoms with Gasteiger partial charge in [0.2, 0.25) is 0 Å². The van der Waals surface area contributed by atoms with Crippen LogP contribution in [0.25, 0.3) is 0 Å². The average molecular weight is 327 g/mol. The van der Waals surface area contributed by atoms with E-state index in [1.165, 1.54) is 7.11 Å². The highest BCUT2D eigenvalue weighted by molar-refractivity contribution is 5.72. The van der Waals surface area contributed by atoms with Gasteiger partial charge >= 0.3 is 12.1 Å². The number of hydrogen-bond donors (Lipinski definition) is 1. The molecule has 0 aromatic carbocycles. The van der Waals surface area contributed by atoms with Crippen LogP contribution in [-0.4, -0.2) is 30.3 Å². The van der Waals surface area contributed by atoms with Gasteiger partial charge in [-0.05, 0) is 53.4 Å². The van der Waals surface area contributed by atoms with Crippen molar-refractivity contribution in [3.8, 4) is 0 Å². The number of carbonyl (C=O) groups excluding carboxylic acids is 2. The van der Waals surface area contributed by atoms with E-state index in [9.17, 15) is 9.59 Å². The maximum atomic E-state index is 12.1. The second-order valence-corrected chi connectivity index (χ2v) is 7.90. The Balaban J connectivity index is 2.56. The van der Waals surface area contributed by atoms with Crippen LogP contribution in [-0.2, 0) is 14.3 Å². The zero-order valence-electron chi connectivity index (χ0n) is 15.4. The van der Waals surface area contributed by atoms with Gasteiger partial charge in [-0.25, -0.2) is 4.79 Å². The largest absolute Gasteiger partial charge is 0.469 e. The molecule has 1 fully saturated rings. The molecule has 1 N–H and O–H groups in total. The molecular weight excluding hydrogens is 294 g/mol. The molecule has 0 aromatic heterocycles. The van der Waals surface area contributed by atoms with E-state index in [1.807, 2.05) is 20.8 Å². The minimum atomic E-state index is -0.482. The smallest absolute Gasteiger partial charge is 0.408 e. The monoisotopic (exact) mass is 327 g/mol. The first-order chi connectivity index (χ1) is 10.7. The highest BCUT2D eigenvalue weighted by Crippen LogP contribution is 2.28. The highest BCUT2D eigenvalue weighted by Gasteiger charge is 2.29. The van der Waals surface area contributed by atoms with Gasteiger partial charge in [-0.2, -0.15) is 0 Å². The predicted octanol–water partition coefficient (Wildman–Crippen LogP) is 4.19. The minimum Gasteiger partial charge on any atom is -0.469 e. The summed E-state index contributed by atoms with van der Waals surface area (Å²) < 4.78 is 10.3. The maximum absolute atomic E-state index is 12.1. The second-order valence-electron chi connectivity index (χ2n) is 7.90. The fourth-order valence-corrected chi connectivity index (χ4v) is 3.16. The third-order valence-corrected chi connectivity index (χ3v) is 4.40. The quantitative estimate of drug-likeness (QED) is 0.772. The summed E-state index contributed by atoms with van der Waals surface area (Å²) in [5, 5.41) is 3.06. The summed E-state index contributed by atoms with van der Waals surface area (Å²) in [6.07, 6.45) is 7.13. The topological polar surface area (TPSA) is 64.6 Å². The van der Waals surface area contributed by atoms with E-state index in [4.69, 9.17) is 9.47 Å². The molecule has 23 heavy (non-hydrogen) atoms. The van der Waals surface area contributed by atoms with Crippen molar-refractivity contribution in [1.82, 2.24) is 5.32 Å². The van der Waals surface area contributed by atoms with Crippen molar-refractivity contribution in [3.05, 3.63) is 0 Å². The first-order valence-electron chi connectivity index (χ1n) is 8.74. The van der Waals surface area contributed by atoms with Gasteiger partial charge < -0.3 is 14.8 Å². The molecule has 134 valence electrons. The summed E-state index contributed by atoms with van der Waals surface area (Å²) in [7, 11) is 1.46. The van der Waals surface area contributed by atoms with Gasteiger partial charge in [0, 0.05) is 5.54 Å². The van der Waals surface area contributed by atoms with E-state index in [0.717, 1.165) is 51.4 Å². The lowest BCUT2D eigenvalue weighted by atomic mass is 9.84. The average Bonchev–Trinajstić information content (AvgIpc) is 2.42. The fraction of sp³-hybridized carbons (Fsp3) is 0.889. The summed E-state index contributed by atoms with van der Waals surface area (Å²) in [6, 6.07) is 0. The maximum Gasteiger partial charge on any atom is 0.408 e. The van der Waals surface area contributed by atoms with Gasteiger partial charge in [0.05, 0.1) is 13.0 Å². The molecule has 0 bridgehead atoms. The van der Waals surface area contributed by atoms with E-state index >= 15 is 0 Å². The molecule has 0 atom stereocenters. The van der Waals surface area contributed by atoms with E-state index < -0.39 is 5.60 Å². The zero-order valence-corrected chi connectivity index (χ0v) is 15.4. The molecule has 0 saturated heterocycles. The number of ether oxygens (including phenoxy) is 2. The van der Waals surface area contributed by atoms with Crippen LogP contribution in [0.5, 0.6) is 0 Å². The number of nitrogens with one attached hydrogen (secondary N) is 1. The third-order valence-electron chi connectivity index (χ3n) is 4.40. The van der Waals surface area contributed by atoms with Gasteiger partial charge in [-0.15, -0.1) is 0 Å². The number of rotatable bonds is 2. The molecule has 1 amide bonds. The van der Waals surface area contributed by atoms with Crippen LogP contribution in [0.15, 0.2) is 0 Å². The Labute approximate surface area is 140 Å². The minimum absolute atomic E-state index is 0.0307. The summed E-state index contributed by atoms with van der Waals surface area (Å²) in [6.45, 7) is 7.70.